The molecule has 0 bridgehead atoms. The molecular weight excluding hydrogens is 599 g/mol. The van der Waals surface area contributed by atoms with Crippen molar-refractivity contribution in [3.05, 3.63) is 175 Å². The third-order valence-electron chi connectivity index (χ3n) is 9.10. The SMILES string of the molecule is c1ccc(-c2nc(-c3ccccc3)nc(-c3cccc(-c4cccc(-c5ncnc6c5Cc5c(-c7ccccc7)cccc5-6)c4)c3)n2)cc1. The van der Waals surface area contributed by atoms with Gasteiger partial charge in [0.15, 0.2) is 17.5 Å². The molecule has 1 aliphatic carbocycles. The molecule has 6 aromatic carbocycles. The van der Waals surface area contributed by atoms with Gasteiger partial charge in [0.2, 0.25) is 0 Å². The van der Waals surface area contributed by atoms with Gasteiger partial charge in [-0.25, -0.2) is 24.9 Å². The average molecular weight is 628 g/mol. The summed E-state index contributed by atoms with van der Waals surface area (Å²) in [5.74, 6) is 1.92. The number of fused-ring (bicyclic) bond motifs is 3. The Kier molecular flexibility index (Phi) is 7.13. The zero-order valence-electron chi connectivity index (χ0n) is 26.5. The molecule has 2 heterocycles. The number of nitrogens with zero attached hydrogens (tertiary/aromatic N) is 5. The minimum Gasteiger partial charge on any atom is -0.236 e. The molecule has 0 spiro atoms. The van der Waals surface area contributed by atoms with Crippen LogP contribution in [0.3, 0.4) is 0 Å². The minimum absolute atomic E-state index is 0.631. The number of rotatable bonds is 6. The molecule has 0 N–H and O–H groups in total. The van der Waals surface area contributed by atoms with Crippen molar-refractivity contribution in [2.24, 2.45) is 0 Å². The van der Waals surface area contributed by atoms with Gasteiger partial charge < -0.3 is 0 Å². The Morgan fingerprint density at radius 1 is 0.327 bits per heavy atom. The highest BCUT2D eigenvalue weighted by atomic mass is 15.0. The Hall–Kier alpha value is -6.59. The van der Waals surface area contributed by atoms with Crippen molar-refractivity contribution >= 4 is 0 Å². The Morgan fingerprint density at radius 3 is 1.41 bits per heavy atom. The first-order valence-corrected chi connectivity index (χ1v) is 16.4. The van der Waals surface area contributed by atoms with E-state index in [9.17, 15) is 0 Å². The molecule has 1 aliphatic rings. The Labute approximate surface area is 284 Å². The standard InChI is InChI=1S/C44H29N5/c1-4-13-29(14-5-1)36-23-12-24-37-38(36)27-39-40(45-28-46-41(37)39)34-21-10-19-32(25-34)33-20-11-22-35(26-33)44-48-42(30-15-6-2-7-16-30)47-43(49-44)31-17-8-3-9-18-31/h1-26,28H,27H2. The van der Waals surface area contributed by atoms with Crippen molar-refractivity contribution in [1.82, 2.24) is 24.9 Å². The van der Waals surface area contributed by atoms with Crippen molar-refractivity contribution < 1.29 is 0 Å². The fourth-order valence-corrected chi connectivity index (χ4v) is 6.75. The molecule has 0 amide bonds. The first kappa shape index (κ1) is 28.6. The third kappa shape index (κ3) is 5.37. The summed E-state index contributed by atoms with van der Waals surface area (Å²) >= 11 is 0. The molecule has 0 aliphatic heterocycles. The van der Waals surface area contributed by atoms with Crippen LogP contribution in [0.5, 0.6) is 0 Å². The highest BCUT2D eigenvalue weighted by Crippen LogP contribution is 2.43. The quantitative estimate of drug-likeness (QED) is 0.184. The maximum absolute atomic E-state index is 4.95. The smallest absolute Gasteiger partial charge is 0.164 e. The van der Waals surface area contributed by atoms with Gasteiger partial charge in [-0.15, -0.1) is 0 Å². The molecule has 0 saturated heterocycles. The first-order valence-electron chi connectivity index (χ1n) is 16.4. The Bertz CT molecular complexity index is 2400. The first-order chi connectivity index (χ1) is 24.3. The fraction of sp³-hybridized carbons (Fsp3) is 0.0227. The molecule has 5 nitrogen and oxygen atoms in total. The molecule has 8 aromatic rings. The lowest BCUT2D eigenvalue weighted by Gasteiger charge is -2.11. The molecule has 49 heavy (non-hydrogen) atoms. The van der Waals surface area contributed by atoms with Crippen LogP contribution in [0, 0.1) is 0 Å². The highest BCUT2D eigenvalue weighted by molar-refractivity contribution is 5.87. The van der Waals surface area contributed by atoms with Crippen LogP contribution < -0.4 is 0 Å². The lowest BCUT2D eigenvalue weighted by atomic mass is 9.95. The van der Waals surface area contributed by atoms with Gasteiger partial charge in [-0.2, -0.15) is 0 Å². The van der Waals surface area contributed by atoms with E-state index in [2.05, 4.69) is 97.1 Å². The summed E-state index contributed by atoms with van der Waals surface area (Å²) in [6.45, 7) is 0. The zero-order chi connectivity index (χ0) is 32.6. The monoisotopic (exact) mass is 627 g/mol. The van der Waals surface area contributed by atoms with Crippen LogP contribution in [-0.4, -0.2) is 24.9 Å². The fourth-order valence-electron chi connectivity index (χ4n) is 6.75. The summed E-state index contributed by atoms with van der Waals surface area (Å²) in [7, 11) is 0. The highest BCUT2D eigenvalue weighted by Gasteiger charge is 2.26. The molecule has 2 aromatic heterocycles. The van der Waals surface area contributed by atoms with Gasteiger partial charge in [0.25, 0.3) is 0 Å². The van der Waals surface area contributed by atoms with E-state index in [-0.39, 0.29) is 0 Å². The molecule has 0 unspecified atom stereocenters. The molecule has 0 saturated carbocycles. The van der Waals surface area contributed by atoms with Crippen LogP contribution in [0.15, 0.2) is 164 Å². The second kappa shape index (κ2) is 12.2. The number of hydrogen-bond acceptors (Lipinski definition) is 5. The summed E-state index contributed by atoms with van der Waals surface area (Å²) in [5.41, 5.74) is 14.1. The lowest BCUT2D eigenvalue weighted by molar-refractivity contribution is 1.07. The van der Waals surface area contributed by atoms with Crippen LogP contribution in [0.1, 0.15) is 11.1 Å². The van der Waals surface area contributed by atoms with E-state index in [0.29, 0.717) is 17.5 Å². The van der Waals surface area contributed by atoms with Crippen molar-refractivity contribution in [1.29, 1.82) is 0 Å². The van der Waals surface area contributed by atoms with E-state index in [1.807, 2.05) is 60.7 Å². The molecule has 9 rings (SSSR count). The van der Waals surface area contributed by atoms with Crippen LogP contribution in [0.4, 0.5) is 0 Å². The second-order valence-electron chi connectivity index (χ2n) is 12.1. The molecule has 0 radical (unpaired) electrons. The predicted molar refractivity (Wildman–Crippen MR) is 196 cm³/mol. The van der Waals surface area contributed by atoms with Gasteiger partial charge in [-0.05, 0) is 39.9 Å². The van der Waals surface area contributed by atoms with E-state index in [1.165, 1.54) is 27.8 Å². The second-order valence-corrected chi connectivity index (χ2v) is 12.1. The van der Waals surface area contributed by atoms with Gasteiger partial charge in [0.1, 0.15) is 6.33 Å². The normalized spacial score (nSPS) is 11.6. The van der Waals surface area contributed by atoms with E-state index in [1.54, 1.807) is 6.33 Å². The van der Waals surface area contributed by atoms with Crippen molar-refractivity contribution in [2.75, 3.05) is 0 Å². The van der Waals surface area contributed by atoms with Crippen molar-refractivity contribution in [2.45, 2.75) is 6.42 Å². The Morgan fingerprint density at radius 2 is 0.776 bits per heavy atom. The van der Waals surface area contributed by atoms with Crippen molar-refractivity contribution in [3.63, 3.8) is 0 Å². The summed E-state index contributed by atoms with van der Waals surface area (Å²) in [6, 6.07) is 54.2. The molecule has 230 valence electrons. The molecule has 0 fully saturated rings. The number of benzene rings is 6. The lowest BCUT2D eigenvalue weighted by Crippen LogP contribution is -2.00. The van der Waals surface area contributed by atoms with Gasteiger partial charge in [0.05, 0.1) is 11.4 Å². The van der Waals surface area contributed by atoms with Gasteiger partial charge in [-0.3, -0.25) is 0 Å². The van der Waals surface area contributed by atoms with Gasteiger partial charge in [0, 0.05) is 39.8 Å². The molecular formula is C44H29N5. The number of aromatic nitrogens is 5. The Balaban J connectivity index is 1.10. The zero-order valence-corrected chi connectivity index (χ0v) is 26.5. The van der Waals surface area contributed by atoms with Gasteiger partial charge in [-0.1, -0.05) is 146 Å². The predicted octanol–water partition coefficient (Wildman–Crippen LogP) is 10.2. The van der Waals surface area contributed by atoms with E-state index >= 15 is 0 Å². The van der Waals surface area contributed by atoms with E-state index in [0.717, 1.165) is 51.2 Å². The minimum atomic E-state index is 0.631. The summed E-state index contributed by atoms with van der Waals surface area (Å²) in [6.07, 6.45) is 2.49. The largest absolute Gasteiger partial charge is 0.236 e. The van der Waals surface area contributed by atoms with Crippen molar-refractivity contribution in [3.8, 4) is 78.9 Å². The summed E-state index contributed by atoms with van der Waals surface area (Å²) in [4.78, 5) is 24.4. The van der Waals surface area contributed by atoms with Crippen LogP contribution in [0.2, 0.25) is 0 Å². The third-order valence-corrected chi connectivity index (χ3v) is 9.10. The van der Waals surface area contributed by atoms with Crippen LogP contribution in [0.25, 0.3) is 78.9 Å². The van der Waals surface area contributed by atoms with Crippen LogP contribution in [-0.2, 0) is 6.42 Å². The van der Waals surface area contributed by atoms with Gasteiger partial charge >= 0.3 is 0 Å². The maximum atomic E-state index is 4.95. The molecule has 5 heteroatoms. The van der Waals surface area contributed by atoms with Crippen LogP contribution >= 0.6 is 0 Å². The average Bonchev–Trinajstić information content (AvgIpc) is 3.58. The summed E-state index contributed by atoms with van der Waals surface area (Å²) < 4.78 is 0. The molecule has 0 atom stereocenters. The van der Waals surface area contributed by atoms with E-state index in [4.69, 9.17) is 24.9 Å². The van der Waals surface area contributed by atoms with E-state index < -0.39 is 0 Å². The number of hydrogen-bond donors (Lipinski definition) is 0. The topological polar surface area (TPSA) is 64.5 Å². The maximum Gasteiger partial charge on any atom is 0.164 e. The summed E-state index contributed by atoms with van der Waals surface area (Å²) in [5, 5.41) is 0.